The number of nitro groups is 1. The van der Waals surface area contributed by atoms with Gasteiger partial charge >= 0.3 is 11.6 Å². The zero-order valence-corrected chi connectivity index (χ0v) is 11.9. The van der Waals surface area contributed by atoms with Crippen LogP contribution in [-0.4, -0.2) is 14.9 Å². The molecule has 0 spiro atoms. The number of nitrogens with two attached hydrogens (primary N) is 1. The van der Waals surface area contributed by atoms with E-state index < -0.39 is 4.92 Å². The van der Waals surface area contributed by atoms with Crippen molar-refractivity contribution in [3.05, 3.63) is 44.5 Å². The summed E-state index contributed by atoms with van der Waals surface area (Å²) in [7, 11) is 0. The molecule has 0 saturated heterocycles. The minimum Gasteiger partial charge on any atom is -0.433 e. The van der Waals surface area contributed by atoms with Crippen molar-refractivity contribution in [2.75, 3.05) is 5.43 Å². The lowest BCUT2D eigenvalue weighted by atomic mass is 10.2. The molecule has 8 nitrogen and oxygen atoms in total. The Morgan fingerprint density at radius 3 is 2.85 bits per heavy atom. The van der Waals surface area contributed by atoms with E-state index in [0.717, 1.165) is 16.2 Å². The van der Waals surface area contributed by atoms with Crippen LogP contribution in [0.3, 0.4) is 0 Å². The van der Waals surface area contributed by atoms with Crippen LogP contribution in [-0.2, 0) is 0 Å². The molecule has 0 aliphatic heterocycles. The molecule has 2 rings (SSSR count). The Kier molecular flexibility index (Phi) is 4.11. The van der Waals surface area contributed by atoms with Gasteiger partial charge in [0.2, 0.25) is 5.95 Å². The van der Waals surface area contributed by atoms with Crippen LogP contribution in [0.2, 0.25) is 0 Å². The van der Waals surface area contributed by atoms with E-state index in [0.29, 0.717) is 5.75 Å². The van der Waals surface area contributed by atoms with Gasteiger partial charge in [0.1, 0.15) is 11.9 Å². The minimum atomic E-state index is -0.621. The third-order valence-corrected chi connectivity index (χ3v) is 2.90. The maximum absolute atomic E-state index is 10.9. The molecular weight excluding hydrogens is 330 g/mol. The van der Waals surface area contributed by atoms with E-state index in [4.69, 9.17) is 10.6 Å². The van der Waals surface area contributed by atoms with Crippen molar-refractivity contribution in [3.8, 4) is 11.6 Å². The third kappa shape index (κ3) is 3.00. The number of nitrogens with one attached hydrogen (secondary N) is 1. The van der Waals surface area contributed by atoms with Gasteiger partial charge in [-0.05, 0) is 30.7 Å². The summed E-state index contributed by atoms with van der Waals surface area (Å²) < 4.78 is 6.37. The van der Waals surface area contributed by atoms with Gasteiger partial charge in [-0.3, -0.25) is 15.5 Å². The predicted molar refractivity (Wildman–Crippen MR) is 75.4 cm³/mol. The monoisotopic (exact) mass is 339 g/mol. The fraction of sp³-hybridized carbons (Fsp3) is 0.0909. The van der Waals surface area contributed by atoms with Gasteiger partial charge in [-0.15, -0.1) is 0 Å². The van der Waals surface area contributed by atoms with E-state index in [2.05, 4.69) is 31.3 Å². The number of halogens is 1. The summed E-state index contributed by atoms with van der Waals surface area (Å²) in [5.41, 5.74) is 2.67. The van der Waals surface area contributed by atoms with Crippen LogP contribution in [0.5, 0.6) is 11.6 Å². The van der Waals surface area contributed by atoms with Crippen LogP contribution >= 0.6 is 15.9 Å². The summed E-state index contributed by atoms with van der Waals surface area (Å²) in [4.78, 5) is 17.8. The van der Waals surface area contributed by atoms with E-state index in [1.165, 1.54) is 0 Å². The van der Waals surface area contributed by atoms with Crippen LogP contribution in [0.15, 0.2) is 28.9 Å². The van der Waals surface area contributed by atoms with E-state index in [9.17, 15) is 10.1 Å². The first-order chi connectivity index (χ1) is 9.51. The number of nitrogen functional groups attached to an aromatic ring is 1. The fourth-order valence-electron chi connectivity index (χ4n) is 1.46. The molecule has 0 aliphatic carbocycles. The Morgan fingerprint density at radius 2 is 2.25 bits per heavy atom. The largest absolute Gasteiger partial charge is 0.433 e. The molecule has 20 heavy (non-hydrogen) atoms. The Hall–Kier alpha value is -2.26. The lowest BCUT2D eigenvalue weighted by molar-refractivity contribution is -0.386. The van der Waals surface area contributed by atoms with Gasteiger partial charge in [0.25, 0.3) is 0 Å². The van der Waals surface area contributed by atoms with Crippen LogP contribution in [0, 0.1) is 17.0 Å². The number of ether oxygens (including phenoxy) is 1. The number of anilines is 1. The number of benzene rings is 1. The maximum atomic E-state index is 10.9. The van der Waals surface area contributed by atoms with E-state index in [1.54, 1.807) is 12.1 Å². The third-order valence-electron chi connectivity index (χ3n) is 2.41. The zero-order valence-electron chi connectivity index (χ0n) is 10.3. The minimum absolute atomic E-state index is 0.0281. The van der Waals surface area contributed by atoms with Gasteiger partial charge in [-0.1, -0.05) is 15.9 Å². The molecule has 9 heteroatoms. The number of aryl methyl sites for hydroxylation is 1. The van der Waals surface area contributed by atoms with Crippen LogP contribution < -0.4 is 16.0 Å². The summed E-state index contributed by atoms with van der Waals surface area (Å²) in [6.07, 6.45) is 1.03. The molecule has 0 aliphatic rings. The van der Waals surface area contributed by atoms with Crippen LogP contribution in [0.1, 0.15) is 5.56 Å². The summed E-state index contributed by atoms with van der Waals surface area (Å²) in [6, 6.07) is 5.27. The molecule has 0 saturated carbocycles. The Bertz CT molecular complexity index is 665. The van der Waals surface area contributed by atoms with Crippen molar-refractivity contribution in [3.63, 3.8) is 0 Å². The smallest absolute Gasteiger partial charge is 0.349 e. The van der Waals surface area contributed by atoms with Crippen molar-refractivity contribution < 1.29 is 9.66 Å². The summed E-state index contributed by atoms with van der Waals surface area (Å²) in [5, 5.41) is 10.9. The Balaban J connectivity index is 2.43. The molecule has 0 atom stereocenters. The highest BCUT2D eigenvalue weighted by Crippen LogP contribution is 2.32. The topological polar surface area (TPSA) is 116 Å². The molecule has 0 unspecified atom stereocenters. The second-order valence-corrected chi connectivity index (χ2v) is 4.71. The predicted octanol–water partition coefficient (Wildman–Crippen LogP) is 2.53. The summed E-state index contributed by atoms with van der Waals surface area (Å²) in [5.74, 6) is 5.49. The number of hydrazine groups is 1. The molecule has 3 N–H and O–H groups in total. The molecule has 1 aromatic heterocycles. The van der Waals surface area contributed by atoms with Gasteiger partial charge in [-0.25, -0.2) is 10.8 Å². The molecule has 104 valence electrons. The highest BCUT2D eigenvalue weighted by molar-refractivity contribution is 9.10. The first-order valence-electron chi connectivity index (χ1n) is 5.43. The number of rotatable bonds is 4. The number of hydrogen-bond acceptors (Lipinski definition) is 7. The summed E-state index contributed by atoms with van der Waals surface area (Å²) >= 11 is 3.33. The van der Waals surface area contributed by atoms with Crippen molar-refractivity contribution in [1.82, 2.24) is 9.97 Å². The van der Waals surface area contributed by atoms with Gasteiger partial charge in [-0.2, -0.15) is 4.98 Å². The van der Waals surface area contributed by atoms with Crippen molar-refractivity contribution in [2.45, 2.75) is 6.92 Å². The first kappa shape index (κ1) is 14.2. The quantitative estimate of drug-likeness (QED) is 0.499. The van der Waals surface area contributed by atoms with E-state index in [1.807, 2.05) is 13.0 Å². The Labute approximate surface area is 122 Å². The standard InChI is InChI=1S/C11H10BrN5O3/c1-6-4-7(12)2-3-9(6)20-10-8(17(18)19)5-14-11(15-10)16-13/h2-5H,13H2,1H3,(H,14,15,16). The average Bonchev–Trinajstić information content (AvgIpc) is 2.41. The first-order valence-corrected chi connectivity index (χ1v) is 6.22. The highest BCUT2D eigenvalue weighted by Gasteiger charge is 2.20. The number of aromatic nitrogens is 2. The van der Waals surface area contributed by atoms with Gasteiger partial charge in [0, 0.05) is 4.47 Å². The van der Waals surface area contributed by atoms with Crippen molar-refractivity contribution >= 4 is 27.6 Å². The number of nitrogens with zero attached hydrogens (tertiary/aromatic N) is 3. The average molecular weight is 340 g/mol. The molecule has 0 bridgehead atoms. The summed E-state index contributed by atoms with van der Waals surface area (Å²) in [6.45, 7) is 1.81. The second-order valence-electron chi connectivity index (χ2n) is 3.80. The Morgan fingerprint density at radius 1 is 1.50 bits per heavy atom. The van der Waals surface area contributed by atoms with E-state index in [-0.39, 0.29) is 17.5 Å². The van der Waals surface area contributed by atoms with Gasteiger partial charge in [0.15, 0.2) is 0 Å². The lowest BCUT2D eigenvalue weighted by Crippen LogP contribution is -2.11. The maximum Gasteiger partial charge on any atom is 0.349 e. The number of hydrogen-bond donors (Lipinski definition) is 2. The molecule has 1 aromatic carbocycles. The second kappa shape index (κ2) is 5.80. The normalized spacial score (nSPS) is 10.2. The molecule has 0 radical (unpaired) electrons. The molecule has 0 fully saturated rings. The fourth-order valence-corrected chi connectivity index (χ4v) is 1.94. The van der Waals surface area contributed by atoms with Crippen molar-refractivity contribution in [2.24, 2.45) is 5.84 Å². The lowest BCUT2D eigenvalue weighted by Gasteiger charge is -2.09. The van der Waals surface area contributed by atoms with Gasteiger partial charge < -0.3 is 4.74 Å². The molecule has 1 heterocycles. The van der Waals surface area contributed by atoms with Crippen LogP contribution in [0.4, 0.5) is 11.6 Å². The highest BCUT2D eigenvalue weighted by atomic mass is 79.9. The van der Waals surface area contributed by atoms with Crippen molar-refractivity contribution in [1.29, 1.82) is 0 Å². The van der Waals surface area contributed by atoms with E-state index >= 15 is 0 Å². The zero-order chi connectivity index (χ0) is 14.7. The molecule has 0 amide bonds. The molecule has 2 aromatic rings. The van der Waals surface area contributed by atoms with Crippen LogP contribution in [0.25, 0.3) is 0 Å². The molecular formula is C11H10BrN5O3. The van der Waals surface area contributed by atoms with Gasteiger partial charge in [0.05, 0.1) is 4.92 Å². The SMILES string of the molecule is Cc1cc(Br)ccc1Oc1nc(NN)ncc1[N+](=O)[O-].